The van der Waals surface area contributed by atoms with Crippen molar-refractivity contribution < 1.29 is 112 Å². The van der Waals surface area contributed by atoms with Gasteiger partial charge in [-0.1, -0.05) is 181 Å². The lowest BCUT2D eigenvalue weighted by Gasteiger charge is -2.37. The maximum Gasteiger partial charge on any atom is 0.177 e. The first kappa shape index (κ1) is 125. The molecule has 0 aromatic carbocycles. The molecule has 139 heavy (non-hydrogen) atoms. The molecule has 11 aliphatic carbocycles. The van der Waals surface area contributed by atoms with E-state index in [1.54, 1.807) is 13.8 Å². The molecule has 0 atom stereocenters. The number of carbonyl (C=O) groups excluding carboxylic acids is 16. The van der Waals surface area contributed by atoms with E-state index in [0.717, 1.165) is 218 Å². The number of carbonyl (C=O) groups is 16. The minimum Gasteiger partial charge on any atom is -0.300 e. The van der Waals surface area contributed by atoms with Gasteiger partial charge in [-0.2, -0.15) is 0 Å². The summed E-state index contributed by atoms with van der Waals surface area (Å²) in [6.45, 7) is 31.2. The smallest absolute Gasteiger partial charge is 0.177 e. The summed E-state index contributed by atoms with van der Waals surface area (Å²) in [6, 6.07) is 0. The summed E-state index contributed by atoms with van der Waals surface area (Å²) < 4.78 is 115. The van der Waals surface area contributed by atoms with Crippen LogP contribution in [0.4, 0.5) is 35.1 Å². The van der Waals surface area contributed by atoms with Crippen LogP contribution in [0.2, 0.25) is 0 Å². The molecular weight excluding hydrogens is 1790 g/mol. The fourth-order valence-corrected chi connectivity index (χ4v) is 21.9. The lowest BCUT2D eigenvalue weighted by Crippen LogP contribution is -2.41. The molecule has 16 nitrogen and oxygen atoms in total. The van der Waals surface area contributed by atoms with Gasteiger partial charge in [-0.15, -0.1) is 0 Å². The summed E-state index contributed by atoms with van der Waals surface area (Å²) in [5, 5.41) is 0. The predicted octanol–water partition coefficient (Wildman–Crippen LogP) is 29.1. The molecule has 0 saturated heterocycles. The topological polar surface area (TPSA) is 273 Å². The van der Waals surface area contributed by atoms with Crippen LogP contribution in [-0.2, 0) is 76.7 Å². The van der Waals surface area contributed by atoms with Gasteiger partial charge < -0.3 is 0 Å². The first-order valence-electron chi connectivity index (χ1n) is 54.8. The van der Waals surface area contributed by atoms with E-state index >= 15 is 0 Å². The largest absolute Gasteiger partial charge is 0.300 e. The normalized spacial score (nSPS) is 22.8. The molecule has 0 unspecified atom stereocenters. The van der Waals surface area contributed by atoms with Crippen LogP contribution >= 0.6 is 0 Å². The van der Waals surface area contributed by atoms with Gasteiger partial charge >= 0.3 is 0 Å². The van der Waals surface area contributed by atoms with Crippen molar-refractivity contribution in [3.05, 3.63) is 0 Å². The second kappa shape index (κ2) is 58.5. The molecule has 0 heterocycles. The first-order chi connectivity index (χ1) is 64.8. The third-order valence-electron chi connectivity index (χ3n) is 33.1. The third-order valence-corrected chi connectivity index (χ3v) is 33.1. The zero-order valence-electron chi connectivity index (χ0n) is 89.0. The maximum atomic E-state index is 14.5. The minimum absolute atomic E-state index is 0.0118. The van der Waals surface area contributed by atoms with Crippen LogP contribution in [0, 0.1) is 57.2 Å². The van der Waals surface area contributed by atoms with Crippen LogP contribution in [0.3, 0.4) is 0 Å². The first-order valence-corrected chi connectivity index (χ1v) is 54.8. The number of rotatable bonds is 36. The molecule has 11 saturated carbocycles. The number of halogens is 8. The van der Waals surface area contributed by atoms with Crippen molar-refractivity contribution >= 4 is 92.5 Å². The Morgan fingerprint density at radius 3 is 0.727 bits per heavy atom. The third kappa shape index (κ3) is 42.3. The van der Waals surface area contributed by atoms with Crippen LogP contribution in [0.5, 0.6) is 0 Å². The Hall–Kier alpha value is -5.84. The minimum atomic E-state index is -1.75. The van der Waals surface area contributed by atoms with Crippen LogP contribution in [-0.4, -0.2) is 138 Å². The number of hydrogen-bond donors (Lipinski definition) is 0. The van der Waals surface area contributed by atoms with E-state index < -0.39 is 91.6 Å². The van der Waals surface area contributed by atoms with Crippen molar-refractivity contribution in [1.29, 1.82) is 0 Å². The summed E-state index contributed by atoms with van der Waals surface area (Å²) >= 11 is 0. The van der Waals surface area contributed by atoms with Crippen molar-refractivity contribution in [1.82, 2.24) is 0 Å². The van der Waals surface area contributed by atoms with E-state index in [4.69, 9.17) is 0 Å². The Labute approximate surface area is 830 Å². The van der Waals surface area contributed by atoms with Gasteiger partial charge in [-0.25, -0.2) is 35.1 Å². The zero-order valence-corrected chi connectivity index (χ0v) is 89.0. The average molecular weight is 1970 g/mol. The highest BCUT2D eigenvalue weighted by atomic mass is 19.2. The lowest BCUT2D eigenvalue weighted by atomic mass is 9.70. The van der Waals surface area contributed by atoms with Crippen LogP contribution in [0.1, 0.15) is 528 Å². The number of Topliss-reactive ketones (excluding diaryl/α,β-unsaturated/α-hetero) is 16. The molecule has 0 spiro atoms. The molecule has 0 aromatic rings. The van der Waals surface area contributed by atoms with E-state index in [9.17, 15) is 112 Å². The van der Waals surface area contributed by atoms with Crippen LogP contribution in [0.15, 0.2) is 0 Å². The average Bonchev–Trinajstić information content (AvgIpc) is 0.807. The molecule has 0 bridgehead atoms. The summed E-state index contributed by atoms with van der Waals surface area (Å²) in [4.78, 5) is 189. The highest BCUT2D eigenvalue weighted by Gasteiger charge is 2.51. The van der Waals surface area contributed by atoms with E-state index in [0.29, 0.717) is 115 Å². The van der Waals surface area contributed by atoms with Crippen molar-refractivity contribution in [2.24, 2.45) is 57.2 Å². The van der Waals surface area contributed by atoms with E-state index in [1.165, 1.54) is 19.8 Å². The van der Waals surface area contributed by atoms with Gasteiger partial charge in [-0.3, -0.25) is 76.7 Å². The standard InChI is InChI=1S/C17H27FO2.C16H25FO2.C15H23FO2.C15H25FO2.3C14H23FO2.C10H15FO2/c1-16(2)10-6-13(7-11-16)14(19)12-15(20)17(18)8-4-3-5-9-17;1-15(8-4-2-5-9-15)13(18)12-14(19)16(17)10-6-3-7-11-16;16-15(9-5-2-6-10-15)14(18)11-13(17)12-7-3-1-4-8-12;1-11(2)9-12(17)10-13(18)15(16)7-5-14(3,4)6-8-15;1-10(2)11(16)9-12(17)14(15)7-5-13(3,4)6-8-14;2*1-3-11(4-2)12(16)10-13(17)14(15)8-6-5-7-9-14;1-8(12)7-9(13)10(11)5-3-2-4-6-10/h13H,3-12H2,1-2H3;2-12H2,1H3;12H,1-11H2;11H,5-10H2,1-4H3;10H,5-9H2,1-4H3;2*11H,3-10H2,1-2H3;2-7H2,1H3. The van der Waals surface area contributed by atoms with E-state index in [-0.39, 0.29) is 175 Å². The Bertz CT molecular complexity index is 3840. The highest BCUT2D eigenvalue weighted by molar-refractivity contribution is 6.08. The van der Waals surface area contributed by atoms with Crippen molar-refractivity contribution in [3.63, 3.8) is 0 Å². The highest BCUT2D eigenvalue weighted by Crippen LogP contribution is 2.48. The SMILES string of the molecule is CC(=O)CC(=O)C1(F)CCCCC1.CC(C)C(=O)CC(=O)C1(F)CCC(C)(C)CC1.CC(C)CC(=O)CC(=O)C1(F)CCC(C)(C)CC1.CC1(C(=O)CC(=O)C2(F)CCCCC2)CCCCC1.CC1(C)CCC(C(=O)CC(=O)C2(F)CCCCC2)CC1.CCC(CC)C(=O)CC(=O)C1(F)CCCCC1.CCC(CC)C(=O)CC(=O)C1(F)CCCCC1.O=C(CC(=O)C1(F)CCCCC1)C1CCCCC1. The van der Waals surface area contributed by atoms with Gasteiger partial charge in [0.1, 0.15) is 46.3 Å². The molecule has 11 rings (SSSR count). The van der Waals surface area contributed by atoms with Gasteiger partial charge in [0.2, 0.25) is 0 Å². The maximum absolute atomic E-state index is 14.5. The Balaban J connectivity index is 0.000000332. The summed E-state index contributed by atoms with van der Waals surface area (Å²) in [5.41, 5.74) is -13.5. The molecule has 796 valence electrons. The van der Waals surface area contributed by atoms with Gasteiger partial charge in [0, 0.05) is 41.4 Å². The van der Waals surface area contributed by atoms with Gasteiger partial charge in [-0.05, 0) is 312 Å². The zero-order chi connectivity index (χ0) is 105. The molecule has 0 radical (unpaired) electrons. The fourth-order valence-electron chi connectivity index (χ4n) is 21.9. The Kier molecular flexibility index (Phi) is 52.8. The molecular formula is C115H184F8O16. The number of alkyl halides is 8. The van der Waals surface area contributed by atoms with Crippen molar-refractivity contribution in [2.75, 3.05) is 0 Å². The van der Waals surface area contributed by atoms with Gasteiger partial charge in [0.15, 0.2) is 91.6 Å². The Morgan fingerprint density at radius 1 is 0.237 bits per heavy atom. The van der Waals surface area contributed by atoms with Crippen molar-refractivity contribution in [3.8, 4) is 0 Å². The molecule has 11 aliphatic rings. The number of ketones is 16. The molecule has 24 heteroatoms. The molecule has 0 aromatic heterocycles. The van der Waals surface area contributed by atoms with Gasteiger partial charge in [0.05, 0.1) is 51.4 Å². The summed E-state index contributed by atoms with van der Waals surface area (Å²) in [5.74, 6) is -4.69. The second-order valence-corrected chi connectivity index (χ2v) is 47.4. The quantitative estimate of drug-likeness (QED) is 0.0416. The van der Waals surface area contributed by atoms with Crippen LogP contribution in [0.25, 0.3) is 0 Å². The summed E-state index contributed by atoms with van der Waals surface area (Å²) in [6.07, 6.45) is 38.5. The van der Waals surface area contributed by atoms with E-state index in [1.807, 2.05) is 48.5 Å². The Morgan fingerprint density at radius 2 is 0.460 bits per heavy atom. The van der Waals surface area contributed by atoms with Crippen molar-refractivity contribution in [2.45, 2.75) is 573 Å². The van der Waals surface area contributed by atoms with Crippen LogP contribution < -0.4 is 0 Å². The summed E-state index contributed by atoms with van der Waals surface area (Å²) in [7, 11) is 0. The predicted molar refractivity (Wildman–Crippen MR) is 532 cm³/mol. The molecule has 0 N–H and O–H groups in total. The lowest BCUT2D eigenvalue weighted by molar-refractivity contribution is -0.141. The van der Waals surface area contributed by atoms with Gasteiger partial charge in [0.25, 0.3) is 0 Å². The monoisotopic (exact) mass is 1970 g/mol. The number of hydrogen-bond acceptors (Lipinski definition) is 16. The fraction of sp³-hybridized carbons (Fsp3) is 0.861. The molecule has 11 fully saturated rings. The molecule has 0 aliphatic heterocycles. The second-order valence-electron chi connectivity index (χ2n) is 47.4. The van der Waals surface area contributed by atoms with E-state index in [2.05, 4.69) is 41.5 Å². The molecule has 0 amide bonds.